The van der Waals surface area contributed by atoms with Crippen LogP contribution in [-0.4, -0.2) is 49.2 Å². The van der Waals surface area contributed by atoms with Crippen LogP contribution in [0.2, 0.25) is 0 Å². The molecule has 9 heteroatoms. The molecule has 0 heterocycles. The number of nitrogens with zero attached hydrogens (tertiary/aromatic N) is 5. The van der Waals surface area contributed by atoms with Crippen LogP contribution < -0.4 is 10.6 Å². The van der Waals surface area contributed by atoms with Crippen molar-refractivity contribution in [3.8, 4) is 0 Å². The average molecular weight is 646 g/mol. The van der Waals surface area contributed by atoms with E-state index in [1.165, 1.54) is 11.1 Å². The quantitative estimate of drug-likeness (QED) is 0.189. The molecule has 0 bridgehead atoms. The first kappa shape index (κ1) is 31.6. The molecule has 0 fully saturated rings. The van der Waals surface area contributed by atoms with Gasteiger partial charge in [-0.15, -0.1) is 0 Å². The maximum absolute atomic E-state index is 5.69. The Bertz CT molecular complexity index is 681. The summed E-state index contributed by atoms with van der Waals surface area (Å²) in [7, 11) is 5.69. The SMILES string of the molecule is CC(C)[N-]C(=NCCN=C([N-]C(C)C)NC(C)C)NC(C)C.Cc1cccc(C)c1[N]=[Ta][Cl]. The van der Waals surface area contributed by atoms with Gasteiger partial charge in [0, 0.05) is 11.9 Å². The van der Waals surface area contributed by atoms with Gasteiger partial charge in [-0.1, -0.05) is 55.4 Å². The first-order chi connectivity index (χ1) is 15.5. The zero-order valence-electron chi connectivity index (χ0n) is 22.0. The van der Waals surface area contributed by atoms with Crippen LogP contribution in [0.3, 0.4) is 0 Å². The van der Waals surface area contributed by atoms with Crippen LogP contribution in [0.25, 0.3) is 10.6 Å². The molecule has 7 nitrogen and oxygen atoms in total. The summed E-state index contributed by atoms with van der Waals surface area (Å²) in [5.74, 6) is 1.42. The van der Waals surface area contributed by atoms with E-state index in [0.717, 1.165) is 5.69 Å². The Kier molecular flexibility index (Phi) is 17.2. The van der Waals surface area contributed by atoms with Gasteiger partial charge in [-0.2, -0.15) is 0 Å². The first-order valence-electron chi connectivity index (χ1n) is 11.6. The van der Waals surface area contributed by atoms with Crippen molar-refractivity contribution >= 4 is 26.8 Å². The third kappa shape index (κ3) is 16.8. The Morgan fingerprint density at radius 2 is 1.21 bits per heavy atom. The van der Waals surface area contributed by atoms with Gasteiger partial charge in [0.05, 0.1) is 0 Å². The molecule has 2 N–H and O–H groups in total. The number of aliphatic imine (C=N–C) groups is 2. The summed E-state index contributed by atoms with van der Waals surface area (Å²) in [5, 5.41) is 15.5. The maximum atomic E-state index is 5.69. The summed E-state index contributed by atoms with van der Waals surface area (Å²) in [5.41, 5.74) is 3.57. The van der Waals surface area contributed by atoms with Gasteiger partial charge in [0.15, 0.2) is 0 Å². The molecular formula is C24H43ClN7Ta-2. The van der Waals surface area contributed by atoms with Crippen molar-refractivity contribution in [2.75, 3.05) is 13.1 Å². The second-order valence-electron chi connectivity index (χ2n) is 8.87. The van der Waals surface area contributed by atoms with Crippen molar-refractivity contribution in [3.63, 3.8) is 0 Å². The van der Waals surface area contributed by atoms with Crippen molar-refractivity contribution in [2.45, 2.75) is 93.4 Å². The molecule has 188 valence electrons. The Morgan fingerprint density at radius 1 is 0.818 bits per heavy atom. The van der Waals surface area contributed by atoms with Crippen molar-refractivity contribution in [2.24, 2.45) is 13.3 Å². The molecule has 1 rings (SSSR count). The van der Waals surface area contributed by atoms with E-state index in [4.69, 9.17) is 9.19 Å². The van der Waals surface area contributed by atoms with Crippen LogP contribution in [0.1, 0.15) is 66.5 Å². The molecular weight excluding hydrogens is 603 g/mol. The number of hydrogen-bond acceptors (Lipinski definition) is 3. The van der Waals surface area contributed by atoms with E-state index in [0.29, 0.717) is 37.1 Å². The normalized spacial score (nSPS) is 12.5. The Hall–Kier alpha value is -1.41. The molecule has 0 saturated heterocycles. The van der Waals surface area contributed by atoms with E-state index < -0.39 is 18.5 Å². The summed E-state index contributed by atoms with van der Waals surface area (Å²) in [6, 6.07) is 7.27. The number of aryl methyl sites for hydroxylation is 2. The molecule has 0 spiro atoms. The van der Waals surface area contributed by atoms with E-state index in [2.05, 4.69) is 88.3 Å². The van der Waals surface area contributed by atoms with E-state index in [9.17, 15) is 0 Å². The van der Waals surface area contributed by atoms with Crippen LogP contribution >= 0.6 is 9.19 Å². The number of guanidine groups is 2. The number of benzene rings is 1. The summed E-state index contributed by atoms with van der Waals surface area (Å²) < 4.78 is 4.35. The van der Waals surface area contributed by atoms with Gasteiger partial charge in [-0.3, -0.25) is 0 Å². The molecule has 0 aromatic heterocycles. The molecule has 0 atom stereocenters. The monoisotopic (exact) mass is 645 g/mol. The molecule has 0 unspecified atom stereocenters. The zero-order valence-corrected chi connectivity index (χ0v) is 26.0. The zero-order chi connectivity index (χ0) is 25.4. The molecule has 0 aliphatic heterocycles. The van der Waals surface area contributed by atoms with E-state index in [1.54, 1.807) is 0 Å². The predicted octanol–water partition coefficient (Wildman–Crippen LogP) is 6.61. The molecule has 0 amide bonds. The molecule has 0 aliphatic rings. The van der Waals surface area contributed by atoms with Gasteiger partial charge in [-0.25, -0.2) is 0 Å². The van der Waals surface area contributed by atoms with Gasteiger partial charge in [0.2, 0.25) is 0 Å². The number of halogens is 1. The van der Waals surface area contributed by atoms with Crippen molar-refractivity contribution in [1.82, 2.24) is 10.6 Å². The van der Waals surface area contributed by atoms with Crippen LogP contribution in [0.4, 0.5) is 5.69 Å². The van der Waals surface area contributed by atoms with Crippen molar-refractivity contribution < 1.29 is 18.5 Å². The minimum atomic E-state index is -1.05. The van der Waals surface area contributed by atoms with Crippen LogP contribution in [0, 0.1) is 13.8 Å². The minimum absolute atomic E-state index is 0.225. The summed E-state index contributed by atoms with van der Waals surface area (Å²) in [6.45, 7) is 21.8. The molecule has 0 radical (unpaired) electrons. The second kappa shape index (κ2) is 18.0. The second-order valence-corrected chi connectivity index (χ2v) is 11.4. The molecule has 0 saturated carbocycles. The Morgan fingerprint density at radius 3 is 1.52 bits per heavy atom. The molecule has 1 aromatic rings. The van der Waals surface area contributed by atoms with Gasteiger partial charge < -0.3 is 31.3 Å². The summed E-state index contributed by atoms with van der Waals surface area (Å²) >= 11 is -1.05. The summed E-state index contributed by atoms with van der Waals surface area (Å²) in [4.78, 5) is 8.99. The van der Waals surface area contributed by atoms with Crippen molar-refractivity contribution in [1.29, 1.82) is 0 Å². The van der Waals surface area contributed by atoms with E-state index >= 15 is 0 Å². The van der Waals surface area contributed by atoms with Gasteiger partial charge in [0.1, 0.15) is 0 Å². The number of nitrogens with one attached hydrogen (secondary N) is 2. The fourth-order valence-electron chi connectivity index (χ4n) is 2.57. The molecule has 33 heavy (non-hydrogen) atoms. The number of rotatable bonds is 8. The first-order valence-corrected chi connectivity index (χ1v) is 17.0. The van der Waals surface area contributed by atoms with Gasteiger partial charge in [0.25, 0.3) is 0 Å². The fraction of sp³-hybridized carbons (Fsp3) is 0.667. The number of hydrogen-bond donors (Lipinski definition) is 2. The predicted molar refractivity (Wildman–Crippen MR) is 142 cm³/mol. The third-order valence-electron chi connectivity index (χ3n) is 3.80. The van der Waals surface area contributed by atoms with E-state index in [1.807, 2.05) is 33.8 Å². The van der Waals surface area contributed by atoms with Crippen molar-refractivity contribution in [3.05, 3.63) is 40.0 Å². The Labute approximate surface area is 215 Å². The standard InChI is InChI=1S/C16H34N6.C8H9N.ClH.Ta/c1-11(2)19-15(20-12(3)4)17-9-10-18-16(21-13(5)6)22-14(7)8;1-6-4-3-5-7(2)8(6)9;;/h11-14H,9-10H2,1-8H3,(H2-2,17,18,19,20,21,22);3-5H,1-2H3;1H;/q-2;;;+1/p-1. The Balaban J connectivity index is 0.000000771. The molecule has 0 aliphatic carbocycles. The van der Waals surface area contributed by atoms with Gasteiger partial charge in [-0.05, 0) is 37.3 Å². The summed E-state index contributed by atoms with van der Waals surface area (Å²) in [6.07, 6.45) is 0. The topological polar surface area (TPSA) is 89.3 Å². The molecule has 1 aromatic carbocycles. The average Bonchev–Trinajstić information content (AvgIpc) is 2.66. The fourth-order valence-corrected chi connectivity index (χ4v) is 4.59. The van der Waals surface area contributed by atoms with Gasteiger partial charge >= 0.3 is 79.9 Å². The van der Waals surface area contributed by atoms with Crippen LogP contribution in [0.15, 0.2) is 31.5 Å². The van der Waals surface area contributed by atoms with Crippen LogP contribution in [0.5, 0.6) is 0 Å². The third-order valence-corrected chi connectivity index (χ3v) is 5.41. The van der Waals surface area contributed by atoms with E-state index in [-0.39, 0.29) is 12.1 Å². The van der Waals surface area contributed by atoms with Crippen LogP contribution in [-0.2, 0) is 18.5 Å².